The number of alkyl halides is 3. The highest BCUT2D eigenvalue weighted by Crippen LogP contribution is 2.38. The number of benzene rings is 2. The number of ether oxygens (including phenoxy) is 1. The van der Waals surface area contributed by atoms with Crippen LogP contribution in [-0.2, 0) is 10.2 Å². The van der Waals surface area contributed by atoms with E-state index in [1.54, 1.807) is 18.2 Å². The third-order valence-corrected chi connectivity index (χ3v) is 7.59. The minimum absolute atomic E-state index is 0.0163. The third kappa shape index (κ3) is 4.33. The molecule has 2 aromatic carbocycles. The van der Waals surface area contributed by atoms with Gasteiger partial charge in [-0.3, -0.25) is 9.78 Å². The van der Waals surface area contributed by atoms with Gasteiger partial charge in [-0.25, -0.2) is 0 Å². The highest BCUT2D eigenvalue weighted by atomic mass is 32.3. The van der Waals surface area contributed by atoms with Gasteiger partial charge in [0.25, 0.3) is 0 Å². The highest BCUT2D eigenvalue weighted by Gasteiger charge is 2.30. The van der Waals surface area contributed by atoms with Crippen molar-refractivity contribution in [1.82, 2.24) is 19.9 Å². The van der Waals surface area contributed by atoms with E-state index >= 15 is 0 Å². The second-order valence-corrected chi connectivity index (χ2v) is 10.7. The lowest BCUT2D eigenvalue weighted by Crippen LogP contribution is -2.44. The monoisotopic (exact) mass is 571 g/mol. The van der Waals surface area contributed by atoms with E-state index in [0.717, 1.165) is 18.5 Å². The van der Waals surface area contributed by atoms with Gasteiger partial charge in [0.15, 0.2) is 12.0 Å². The molecule has 6 rings (SSSR count). The largest absolute Gasteiger partial charge is 0.483 e. The Hall–Kier alpha value is -4.48. The minimum atomic E-state index is -5.17. The number of pyridine rings is 2. The van der Waals surface area contributed by atoms with Crippen molar-refractivity contribution in [2.45, 2.75) is 17.1 Å². The SMILES string of the molecule is N#Cc1ccc2c(c1)[nH]c1c2c(=O)c2cc(OCC(F)(F)F)c(-c3cncc(S(=O)(=O)F)c3)cc2n1C1CNC1. The van der Waals surface area contributed by atoms with Crippen molar-refractivity contribution in [3.8, 4) is 22.9 Å². The summed E-state index contributed by atoms with van der Waals surface area (Å²) in [6.45, 7) is -0.623. The van der Waals surface area contributed by atoms with Crippen molar-refractivity contribution >= 4 is 43.1 Å². The van der Waals surface area contributed by atoms with Crippen LogP contribution < -0.4 is 15.5 Å². The topological polar surface area (TPSA) is 130 Å². The average Bonchev–Trinajstić information content (AvgIpc) is 3.26. The number of H-pyrrole nitrogens is 1. The van der Waals surface area contributed by atoms with Gasteiger partial charge in [-0.05, 0) is 30.3 Å². The summed E-state index contributed by atoms with van der Waals surface area (Å²) in [5.41, 5.74) is 1.15. The van der Waals surface area contributed by atoms with Crippen molar-refractivity contribution in [2.24, 2.45) is 0 Å². The lowest BCUT2D eigenvalue weighted by Gasteiger charge is -2.32. The van der Waals surface area contributed by atoms with Gasteiger partial charge in [-0.15, -0.1) is 3.89 Å². The van der Waals surface area contributed by atoms with E-state index in [2.05, 4.69) is 15.3 Å². The molecule has 0 bridgehead atoms. The average molecular weight is 572 g/mol. The summed E-state index contributed by atoms with van der Waals surface area (Å²) in [7, 11) is -5.17. The number of rotatable bonds is 5. The fraction of sp³-hybridized carbons (Fsp3) is 0.192. The van der Waals surface area contributed by atoms with Gasteiger partial charge < -0.3 is 19.6 Å². The zero-order chi connectivity index (χ0) is 28.4. The molecule has 0 aliphatic carbocycles. The van der Waals surface area contributed by atoms with Crippen LogP contribution in [0.1, 0.15) is 11.6 Å². The maximum Gasteiger partial charge on any atom is 0.422 e. The molecule has 1 saturated heterocycles. The number of aromatic amines is 1. The van der Waals surface area contributed by atoms with Crippen molar-refractivity contribution in [2.75, 3.05) is 19.7 Å². The molecule has 0 spiro atoms. The van der Waals surface area contributed by atoms with Gasteiger partial charge in [0.2, 0.25) is 0 Å². The molecule has 2 N–H and O–H groups in total. The molecule has 0 unspecified atom stereocenters. The van der Waals surface area contributed by atoms with Crippen LogP contribution in [0, 0.1) is 11.3 Å². The fourth-order valence-corrected chi connectivity index (χ4v) is 5.36. The summed E-state index contributed by atoms with van der Waals surface area (Å²) in [5, 5.41) is 13.4. The Morgan fingerprint density at radius 3 is 2.55 bits per heavy atom. The standard InChI is InChI=1S/C26H17F4N5O4S/c27-26(28,29)12-39-22-6-19-21(5-18(22)14-4-16(11-32-8-14)40(30,37)38)35(15-9-33-10-15)25-23(24(19)36)17-2-1-13(7-31)3-20(17)34-25/h1-6,8,11,15,33-34H,9-10,12H2. The zero-order valence-corrected chi connectivity index (χ0v) is 21.0. The first-order valence-electron chi connectivity index (χ1n) is 11.8. The first kappa shape index (κ1) is 25.8. The normalized spacial score (nSPS) is 14.5. The van der Waals surface area contributed by atoms with E-state index in [-0.39, 0.29) is 28.3 Å². The lowest BCUT2D eigenvalue weighted by molar-refractivity contribution is -0.153. The van der Waals surface area contributed by atoms with E-state index in [0.29, 0.717) is 46.1 Å². The van der Waals surface area contributed by atoms with Crippen LogP contribution >= 0.6 is 0 Å². The Bertz CT molecular complexity index is 2060. The second-order valence-electron chi connectivity index (χ2n) is 9.35. The molecule has 1 aliphatic rings. The molecule has 0 atom stereocenters. The van der Waals surface area contributed by atoms with E-state index < -0.39 is 33.3 Å². The molecule has 0 saturated carbocycles. The van der Waals surface area contributed by atoms with Crippen LogP contribution in [0.15, 0.2) is 58.5 Å². The third-order valence-electron chi connectivity index (χ3n) is 6.80. The molecule has 40 heavy (non-hydrogen) atoms. The number of halogens is 4. The van der Waals surface area contributed by atoms with E-state index in [4.69, 9.17) is 4.74 Å². The fourth-order valence-electron chi connectivity index (χ4n) is 4.91. The van der Waals surface area contributed by atoms with Gasteiger partial charge in [0, 0.05) is 47.5 Å². The van der Waals surface area contributed by atoms with Crippen LogP contribution in [0.4, 0.5) is 17.1 Å². The predicted octanol–water partition coefficient (Wildman–Crippen LogP) is 4.31. The maximum atomic E-state index is 13.9. The Labute approximate surface area is 222 Å². The molecule has 14 heteroatoms. The van der Waals surface area contributed by atoms with Gasteiger partial charge in [0.1, 0.15) is 16.3 Å². The van der Waals surface area contributed by atoms with Crippen LogP contribution in [0.2, 0.25) is 0 Å². The summed E-state index contributed by atoms with van der Waals surface area (Å²) in [6, 6.07) is 10.2. The van der Waals surface area contributed by atoms with Crippen molar-refractivity contribution in [3.05, 3.63) is 64.6 Å². The predicted molar refractivity (Wildman–Crippen MR) is 137 cm³/mol. The molecular weight excluding hydrogens is 554 g/mol. The molecule has 204 valence electrons. The molecule has 0 radical (unpaired) electrons. The number of aromatic nitrogens is 3. The Balaban J connectivity index is 1.71. The summed E-state index contributed by atoms with van der Waals surface area (Å²) < 4.78 is 83.2. The lowest BCUT2D eigenvalue weighted by atomic mass is 10.0. The van der Waals surface area contributed by atoms with E-state index in [9.17, 15) is 35.5 Å². The number of hydrogen-bond donors (Lipinski definition) is 2. The Kier molecular flexibility index (Phi) is 5.82. The molecule has 9 nitrogen and oxygen atoms in total. The Morgan fingerprint density at radius 1 is 1.12 bits per heavy atom. The summed E-state index contributed by atoms with van der Waals surface area (Å²) in [4.78, 5) is 20.0. The zero-order valence-electron chi connectivity index (χ0n) is 20.2. The van der Waals surface area contributed by atoms with Crippen LogP contribution in [-0.4, -0.2) is 48.8 Å². The van der Waals surface area contributed by atoms with E-state index in [1.807, 2.05) is 10.6 Å². The Morgan fingerprint density at radius 2 is 1.90 bits per heavy atom. The number of nitriles is 1. The van der Waals surface area contributed by atoms with Gasteiger partial charge in [-0.2, -0.15) is 26.9 Å². The first-order chi connectivity index (χ1) is 18.9. The number of hydrogen-bond acceptors (Lipinski definition) is 7. The summed E-state index contributed by atoms with van der Waals surface area (Å²) in [6.07, 6.45) is -2.78. The summed E-state index contributed by atoms with van der Waals surface area (Å²) in [5.74, 6) is -0.360. The molecule has 4 heterocycles. The number of nitrogens with one attached hydrogen (secondary N) is 2. The quantitative estimate of drug-likeness (QED) is 0.238. The number of fused-ring (bicyclic) bond motifs is 4. The van der Waals surface area contributed by atoms with Gasteiger partial charge >= 0.3 is 16.4 Å². The first-order valence-corrected chi connectivity index (χ1v) is 13.2. The minimum Gasteiger partial charge on any atom is -0.483 e. The molecule has 3 aromatic heterocycles. The van der Waals surface area contributed by atoms with Crippen molar-refractivity contribution in [3.63, 3.8) is 0 Å². The molecule has 1 aliphatic heterocycles. The number of nitrogens with zero attached hydrogens (tertiary/aromatic N) is 3. The van der Waals surface area contributed by atoms with Crippen molar-refractivity contribution in [1.29, 1.82) is 5.26 Å². The van der Waals surface area contributed by atoms with Crippen LogP contribution in [0.3, 0.4) is 0 Å². The maximum absolute atomic E-state index is 13.9. The van der Waals surface area contributed by atoms with Crippen LogP contribution in [0.5, 0.6) is 5.75 Å². The van der Waals surface area contributed by atoms with E-state index in [1.165, 1.54) is 12.1 Å². The smallest absolute Gasteiger partial charge is 0.422 e. The molecular formula is C26H17F4N5O4S. The summed E-state index contributed by atoms with van der Waals surface area (Å²) >= 11 is 0. The van der Waals surface area contributed by atoms with Gasteiger partial charge in [0.05, 0.1) is 34.0 Å². The highest BCUT2D eigenvalue weighted by molar-refractivity contribution is 7.86. The molecule has 0 amide bonds. The second kappa shape index (κ2) is 9.04. The van der Waals surface area contributed by atoms with Crippen LogP contribution in [0.25, 0.3) is 44.0 Å². The molecule has 1 fully saturated rings. The van der Waals surface area contributed by atoms with Crippen molar-refractivity contribution < 1.29 is 30.2 Å². The van der Waals surface area contributed by atoms with Gasteiger partial charge in [-0.1, -0.05) is 6.07 Å². The molecule has 5 aromatic rings.